The first-order valence-corrected chi connectivity index (χ1v) is 7.79. The number of para-hydroxylation sites is 1. The number of hydrogen-bond acceptors (Lipinski definition) is 3. The molecule has 0 unspecified atom stereocenters. The van der Waals surface area contributed by atoms with Crippen LogP contribution in [-0.4, -0.2) is 29.9 Å². The van der Waals surface area contributed by atoms with Crippen molar-refractivity contribution in [2.75, 3.05) is 13.1 Å². The van der Waals surface area contributed by atoms with E-state index in [1.807, 2.05) is 35.2 Å². The van der Waals surface area contributed by atoms with Crippen molar-refractivity contribution in [3.63, 3.8) is 0 Å². The molecule has 21 heavy (non-hydrogen) atoms. The predicted molar refractivity (Wildman–Crippen MR) is 83.2 cm³/mol. The highest BCUT2D eigenvalue weighted by atomic mass is 16.3. The molecule has 4 heteroatoms. The molecule has 0 aliphatic heterocycles. The third-order valence-corrected chi connectivity index (χ3v) is 4.28. The van der Waals surface area contributed by atoms with E-state index in [1.54, 1.807) is 0 Å². The molecule has 1 aliphatic rings. The van der Waals surface area contributed by atoms with Gasteiger partial charge in [-0.25, -0.2) is 0 Å². The number of rotatable bonds is 4. The molecule has 1 aromatic heterocycles. The van der Waals surface area contributed by atoms with Crippen LogP contribution in [0.5, 0.6) is 0 Å². The van der Waals surface area contributed by atoms with Gasteiger partial charge in [-0.15, -0.1) is 0 Å². The lowest BCUT2D eigenvalue weighted by molar-refractivity contribution is 0.0611. The van der Waals surface area contributed by atoms with Crippen LogP contribution in [0.15, 0.2) is 34.7 Å². The maximum atomic E-state index is 12.8. The molecule has 1 saturated carbocycles. The fourth-order valence-corrected chi connectivity index (χ4v) is 3.21. The van der Waals surface area contributed by atoms with Crippen LogP contribution in [0, 0.1) is 0 Å². The van der Waals surface area contributed by atoms with Gasteiger partial charge in [-0.1, -0.05) is 37.5 Å². The molecule has 2 N–H and O–H groups in total. The third-order valence-electron chi connectivity index (χ3n) is 4.28. The summed E-state index contributed by atoms with van der Waals surface area (Å²) in [6.07, 6.45) is 5.81. The monoisotopic (exact) mass is 286 g/mol. The van der Waals surface area contributed by atoms with Crippen molar-refractivity contribution in [3.8, 4) is 0 Å². The van der Waals surface area contributed by atoms with Gasteiger partial charge in [0.15, 0.2) is 5.76 Å². The van der Waals surface area contributed by atoms with Gasteiger partial charge < -0.3 is 15.1 Å². The van der Waals surface area contributed by atoms with E-state index in [9.17, 15) is 4.79 Å². The van der Waals surface area contributed by atoms with Crippen LogP contribution < -0.4 is 5.73 Å². The Labute approximate surface area is 124 Å². The molecule has 1 heterocycles. The topological polar surface area (TPSA) is 59.5 Å². The quantitative estimate of drug-likeness (QED) is 0.939. The standard InChI is InChI=1S/C17H22N2O2/c18-10-11-19(14-7-2-1-3-8-14)17(20)16-12-13-6-4-5-9-15(13)21-16/h4-6,9,12,14H,1-3,7-8,10-11,18H2. The lowest BCUT2D eigenvalue weighted by Gasteiger charge is -2.33. The smallest absolute Gasteiger partial charge is 0.289 e. The molecule has 112 valence electrons. The van der Waals surface area contributed by atoms with E-state index in [4.69, 9.17) is 10.2 Å². The Morgan fingerprint density at radius 3 is 2.71 bits per heavy atom. The van der Waals surface area contributed by atoms with Crippen molar-refractivity contribution in [2.45, 2.75) is 38.1 Å². The van der Waals surface area contributed by atoms with Crippen molar-refractivity contribution in [1.82, 2.24) is 4.90 Å². The number of fused-ring (bicyclic) bond motifs is 1. The van der Waals surface area contributed by atoms with Crippen molar-refractivity contribution in [1.29, 1.82) is 0 Å². The predicted octanol–water partition coefficient (Wildman–Crippen LogP) is 3.17. The van der Waals surface area contributed by atoms with Gasteiger partial charge in [-0.3, -0.25) is 4.79 Å². The van der Waals surface area contributed by atoms with E-state index in [1.165, 1.54) is 19.3 Å². The lowest BCUT2D eigenvalue weighted by atomic mass is 9.94. The first kappa shape index (κ1) is 14.1. The van der Waals surface area contributed by atoms with E-state index in [2.05, 4.69) is 0 Å². The summed E-state index contributed by atoms with van der Waals surface area (Å²) >= 11 is 0. The number of nitrogens with zero attached hydrogens (tertiary/aromatic N) is 1. The molecule has 1 fully saturated rings. The zero-order valence-electron chi connectivity index (χ0n) is 12.3. The molecule has 4 nitrogen and oxygen atoms in total. The van der Waals surface area contributed by atoms with Crippen molar-refractivity contribution >= 4 is 16.9 Å². The highest BCUT2D eigenvalue weighted by Gasteiger charge is 2.27. The fourth-order valence-electron chi connectivity index (χ4n) is 3.21. The number of carbonyl (C=O) groups excluding carboxylic acids is 1. The number of nitrogens with two attached hydrogens (primary N) is 1. The molecule has 0 atom stereocenters. The van der Waals surface area contributed by atoms with Crippen molar-refractivity contribution in [2.24, 2.45) is 5.73 Å². The number of amides is 1. The summed E-state index contributed by atoms with van der Waals surface area (Å²) in [7, 11) is 0. The Balaban J connectivity index is 1.85. The number of carbonyl (C=O) groups is 1. The lowest BCUT2D eigenvalue weighted by Crippen LogP contribution is -2.44. The van der Waals surface area contributed by atoms with Crippen molar-refractivity contribution in [3.05, 3.63) is 36.1 Å². The molecule has 0 spiro atoms. The normalized spacial score (nSPS) is 16.2. The summed E-state index contributed by atoms with van der Waals surface area (Å²) in [5.74, 6) is 0.402. The molecule has 1 amide bonds. The highest BCUT2D eigenvalue weighted by Crippen LogP contribution is 2.26. The third kappa shape index (κ3) is 2.95. The summed E-state index contributed by atoms with van der Waals surface area (Å²) in [5, 5.41) is 0.970. The Morgan fingerprint density at radius 1 is 1.24 bits per heavy atom. The molecule has 1 aliphatic carbocycles. The van der Waals surface area contributed by atoms with E-state index in [0.717, 1.165) is 23.8 Å². The van der Waals surface area contributed by atoms with Crippen LogP contribution in [0.3, 0.4) is 0 Å². The Kier molecular flexibility index (Phi) is 4.25. The van der Waals surface area contributed by atoms with Gasteiger partial charge in [-0.05, 0) is 25.0 Å². The van der Waals surface area contributed by atoms with Gasteiger partial charge in [-0.2, -0.15) is 0 Å². The van der Waals surface area contributed by atoms with E-state index < -0.39 is 0 Å². The minimum Gasteiger partial charge on any atom is -0.451 e. The van der Waals surface area contributed by atoms with Crippen LogP contribution in [0.25, 0.3) is 11.0 Å². The molecule has 1 aromatic carbocycles. The summed E-state index contributed by atoms with van der Waals surface area (Å²) < 4.78 is 5.72. The second-order valence-corrected chi connectivity index (χ2v) is 5.73. The average Bonchev–Trinajstić information content (AvgIpc) is 2.97. The van der Waals surface area contributed by atoms with Gasteiger partial charge in [0, 0.05) is 24.5 Å². The van der Waals surface area contributed by atoms with Gasteiger partial charge in [0.05, 0.1) is 0 Å². The van der Waals surface area contributed by atoms with Gasteiger partial charge in [0.1, 0.15) is 5.58 Å². The first-order valence-electron chi connectivity index (χ1n) is 7.79. The summed E-state index contributed by atoms with van der Waals surface area (Å²) in [4.78, 5) is 14.7. The second-order valence-electron chi connectivity index (χ2n) is 5.73. The molecule has 3 rings (SSSR count). The van der Waals surface area contributed by atoms with Gasteiger partial charge >= 0.3 is 0 Å². The average molecular weight is 286 g/mol. The second kappa shape index (κ2) is 6.31. The van der Waals surface area contributed by atoms with Crippen LogP contribution in [0.1, 0.15) is 42.7 Å². The fraction of sp³-hybridized carbons (Fsp3) is 0.471. The Bertz CT molecular complexity index is 581. The summed E-state index contributed by atoms with van der Waals surface area (Å²) in [6, 6.07) is 9.86. The first-order chi connectivity index (χ1) is 10.3. The molecule has 2 aromatic rings. The van der Waals surface area contributed by atoms with Crippen LogP contribution >= 0.6 is 0 Å². The minimum absolute atomic E-state index is 0.0245. The van der Waals surface area contributed by atoms with Crippen LogP contribution in [-0.2, 0) is 0 Å². The molecule has 0 bridgehead atoms. The maximum absolute atomic E-state index is 12.8. The summed E-state index contributed by atoms with van der Waals surface area (Å²) in [6.45, 7) is 1.09. The maximum Gasteiger partial charge on any atom is 0.289 e. The molecule has 0 radical (unpaired) electrons. The SMILES string of the molecule is NCCN(C(=O)c1cc2ccccc2o1)C1CCCCC1. The largest absolute Gasteiger partial charge is 0.451 e. The van der Waals surface area contributed by atoms with Gasteiger partial charge in [0.2, 0.25) is 0 Å². The van der Waals surface area contributed by atoms with Crippen LogP contribution in [0.4, 0.5) is 0 Å². The van der Waals surface area contributed by atoms with Crippen molar-refractivity contribution < 1.29 is 9.21 Å². The number of benzene rings is 1. The highest BCUT2D eigenvalue weighted by molar-refractivity contribution is 5.96. The van der Waals surface area contributed by atoms with E-state index in [0.29, 0.717) is 24.9 Å². The summed E-state index contributed by atoms with van der Waals surface area (Å²) in [5.41, 5.74) is 6.46. The minimum atomic E-state index is -0.0245. The van der Waals surface area contributed by atoms with Crippen LogP contribution in [0.2, 0.25) is 0 Å². The number of furan rings is 1. The zero-order chi connectivity index (χ0) is 14.7. The Morgan fingerprint density at radius 2 is 2.00 bits per heavy atom. The molecule has 0 saturated heterocycles. The van der Waals surface area contributed by atoms with Gasteiger partial charge in [0.25, 0.3) is 5.91 Å². The molecular weight excluding hydrogens is 264 g/mol. The Hall–Kier alpha value is -1.81. The number of hydrogen-bond donors (Lipinski definition) is 1. The van der Waals surface area contributed by atoms with E-state index in [-0.39, 0.29) is 5.91 Å². The zero-order valence-corrected chi connectivity index (χ0v) is 12.3. The van der Waals surface area contributed by atoms with E-state index >= 15 is 0 Å². The molecular formula is C17H22N2O2.